The second kappa shape index (κ2) is 21.2. The second-order valence-corrected chi connectivity index (χ2v) is 12.6. The molecule has 0 aliphatic heterocycles. The van der Waals surface area contributed by atoms with Crippen LogP contribution in [0, 0.1) is 17.7 Å². The van der Waals surface area contributed by atoms with E-state index >= 15 is 0 Å². The van der Waals surface area contributed by atoms with Crippen molar-refractivity contribution in [3.8, 4) is 17.2 Å². The third-order valence-corrected chi connectivity index (χ3v) is 8.92. The topological polar surface area (TPSA) is 44.8 Å². The van der Waals surface area contributed by atoms with Crippen LogP contribution in [0.2, 0.25) is 0 Å². The van der Waals surface area contributed by atoms with Crippen molar-refractivity contribution in [2.75, 3.05) is 13.2 Å². The van der Waals surface area contributed by atoms with Crippen LogP contribution in [-0.2, 0) is 0 Å². The van der Waals surface area contributed by atoms with Crippen LogP contribution in [0.4, 0.5) is 4.39 Å². The molecule has 2 aromatic carbocycles. The molecule has 240 valence electrons. The van der Waals surface area contributed by atoms with E-state index < -0.39 is 11.8 Å². The maximum Gasteiger partial charge on any atom is 0.343 e. The van der Waals surface area contributed by atoms with Gasteiger partial charge < -0.3 is 14.2 Å². The Morgan fingerprint density at radius 1 is 0.651 bits per heavy atom. The van der Waals surface area contributed by atoms with Gasteiger partial charge in [-0.1, -0.05) is 117 Å². The number of rotatable bonds is 22. The molecule has 0 amide bonds. The minimum Gasteiger partial charge on any atom is -0.494 e. The van der Waals surface area contributed by atoms with E-state index in [2.05, 4.69) is 13.8 Å². The molecule has 1 saturated carbocycles. The van der Waals surface area contributed by atoms with Gasteiger partial charge in [0.1, 0.15) is 11.5 Å². The SMILES string of the molecule is CCCCCCCCCOc1ccc(C(=O)Oc2ccc(OCCC[C@H]3CC[C@H](CCCCCCC)CC3)cc2)cc1F. The number of carbonyl (C=O) groups is 1. The Labute approximate surface area is 261 Å². The molecule has 3 rings (SSSR count). The quantitative estimate of drug-likeness (QED) is 0.0770. The van der Waals surface area contributed by atoms with Crippen LogP contribution in [0.1, 0.15) is 146 Å². The maximum absolute atomic E-state index is 14.5. The van der Waals surface area contributed by atoms with Gasteiger partial charge in [0.2, 0.25) is 0 Å². The zero-order chi connectivity index (χ0) is 30.5. The Kier molecular flexibility index (Phi) is 17.2. The summed E-state index contributed by atoms with van der Waals surface area (Å²) in [5.74, 6) is 1.99. The first-order valence-corrected chi connectivity index (χ1v) is 17.5. The zero-order valence-corrected chi connectivity index (χ0v) is 27.1. The van der Waals surface area contributed by atoms with Gasteiger partial charge in [-0.25, -0.2) is 9.18 Å². The Balaban J connectivity index is 1.28. The third-order valence-electron chi connectivity index (χ3n) is 8.92. The van der Waals surface area contributed by atoms with Crippen molar-refractivity contribution in [1.29, 1.82) is 0 Å². The zero-order valence-electron chi connectivity index (χ0n) is 27.1. The molecule has 0 unspecified atom stereocenters. The highest BCUT2D eigenvalue weighted by molar-refractivity contribution is 5.91. The van der Waals surface area contributed by atoms with Crippen LogP contribution in [0.3, 0.4) is 0 Å². The highest BCUT2D eigenvalue weighted by atomic mass is 19.1. The van der Waals surface area contributed by atoms with Crippen LogP contribution >= 0.6 is 0 Å². The average Bonchev–Trinajstić information content (AvgIpc) is 3.02. The highest BCUT2D eigenvalue weighted by Crippen LogP contribution is 2.34. The number of benzene rings is 2. The van der Waals surface area contributed by atoms with Crippen molar-refractivity contribution < 1.29 is 23.4 Å². The second-order valence-electron chi connectivity index (χ2n) is 12.6. The summed E-state index contributed by atoms with van der Waals surface area (Å²) in [4.78, 5) is 12.6. The number of hydrogen-bond acceptors (Lipinski definition) is 4. The summed E-state index contributed by atoms with van der Waals surface area (Å²) in [6.45, 7) is 5.66. The van der Waals surface area contributed by atoms with E-state index in [1.54, 1.807) is 18.2 Å². The summed E-state index contributed by atoms with van der Waals surface area (Å²) in [5, 5.41) is 0. The molecule has 0 spiro atoms. The lowest BCUT2D eigenvalue weighted by Crippen LogP contribution is -2.15. The Morgan fingerprint density at radius 3 is 1.81 bits per heavy atom. The standard InChI is InChI=1S/C38H57FO4/c1-3-5-7-9-10-12-14-28-42-37-27-22-33(30-36(37)39)38(40)43-35-25-23-34(24-26-35)41-29-15-17-32-20-18-31(19-21-32)16-13-11-8-6-4-2/h22-27,30-32H,3-21,28-29H2,1-2H3/t31-,32-. The largest absolute Gasteiger partial charge is 0.494 e. The van der Waals surface area contributed by atoms with E-state index in [1.807, 2.05) is 12.1 Å². The molecular formula is C38H57FO4. The summed E-state index contributed by atoms with van der Waals surface area (Å²) in [7, 11) is 0. The molecule has 1 aliphatic rings. The van der Waals surface area contributed by atoms with E-state index in [4.69, 9.17) is 14.2 Å². The number of esters is 1. The predicted molar refractivity (Wildman–Crippen MR) is 175 cm³/mol. The summed E-state index contributed by atoms with van der Waals surface area (Å²) >= 11 is 0. The van der Waals surface area contributed by atoms with Crippen molar-refractivity contribution in [2.45, 2.75) is 136 Å². The molecule has 2 aromatic rings. The smallest absolute Gasteiger partial charge is 0.343 e. The molecule has 0 bridgehead atoms. The Bertz CT molecular complexity index is 1010. The lowest BCUT2D eigenvalue weighted by atomic mass is 9.78. The van der Waals surface area contributed by atoms with Gasteiger partial charge >= 0.3 is 5.97 Å². The van der Waals surface area contributed by atoms with Crippen LogP contribution in [0.15, 0.2) is 42.5 Å². The van der Waals surface area contributed by atoms with Gasteiger partial charge in [0, 0.05) is 0 Å². The first-order valence-electron chi connectivity index (χ1n) is 17.5. The van der Waals surface area contributed by atoms with Crippen molar-refractivity contribution in [1.82, 2.24) is 0 Å². The van der Waals surface area contributed by atoms with Gasteiger partial charge in [-0.3, -0.25) is 0 Å². The number of carbonyl (C=O) groups excluding carboxylic acids is 1. The monoisotopic (exact) mass is 596 g/mol. The molecular weight excluding hydrogens is 539 g/mol. The minimum absolute atomic E-state index is 0.155. The Hall–Kier alpha value is -2.56. The van der Waals surface area contributed by atoms with Gasteiger partial charge in [0.05, 0.1) is 18.8 Å². The van der Waals surface area contributed by atoms with Crippen LogP contribution in [-0.4, -0.2) is 19.2 Å². The average molecular weight is 597 g/mol. The van der Waals surface area contributed by atoms with Gasteiger partial charge in [0.15, 0.2) is 11.6 Å². The first-order chi connectivity index (χ1) is 21.1. The van der Waals surface area contributed by atoms with E-state index in [9.17, 15) is 9.18 Å². The fourth-order valence-electron chi connectivity index (χ4n) is 6.16. The first kappa shape index (κ1) is 34.9. The molecule has 0 N–H and O–H groups in total. The number of halogens is 1. The highest BCUT2D eigenvalue weighted by Gasteiger charge is 2.20. The van der Waals surface area contributed by atoms with Crippen LogP contribution in [0.5, 0.6) is 17.2 Å². The van der Waals surface area contributed by atoms with Gasteiger partial charge in [-0.2, -0.15) is 0 Å². The molecule has 43 heavy (non-hydrogen) atoms. The molecule has 0 heterocycles. The summed E-state index contributed by atoms with van der Waals surface area (Å²) < 4.78 is 31.5. The van der Waals surface area contributed by atoms with Crippen molar-refractivity contribution in [3.63, 3.8) is 0 Å². The van der Waals surface area contributed by atoms with Gasteiger partial charge in [0.25, 0.3) is 0 Å². The van der Waals surface area contributed by atoms with Crippen LogP contribution < -0.4 is 14.2 Å². The van der Waals surface area contributed by atoms with Gasteiger partial charge in [-0.15, -0.1) is 0 Å². The molecule has 0 saturated heterocycles. The van der Waals surface area contributed by atoms with Crippen LogP contribution in [0.25, 0.3) is 0 Å². The van der Waals surface area contributed by atoms with E-state index in [0.717, 1.165) is 36.8 Å². The molecule has 4 nitrogen and oxygen atoms in total. The van der Waals surface area contributed by atoms with Crippen molar-refractivity contribution in [3.05, 3.63) is 53.8 Å². The molecule has 1 aliphatic carbocycles. The fourth-order valence-corrected chi connectivity index (χ4v) is 6.16. The third kappa shape index (κ3) is 14.2. The molecule has 1 fully saturated rings. The summed E-state index contributed by atoms with van der Waals surface area (Å²) in [5.41, 5.74) is 0.155. The van der Waals surface area contributed by atoms with Crippen molar-refractivity contribution >= 4 is 5.97 Å². The summed E-state index contributed by atoms with van der Waals surface area (Å²) in [6.07, 6.45) is 24.5. The van der Waals surface area contributed by atoms with E-state index in [0.29, 0.717) is 19.0 Å². The minimum atomic E-state index is -0.600. The lowest BCUT2D eigenvalue weighted by molar-refractivity contribution is 0.0734. The molecule has 0 radical (unpaired) electrons. The Morgan fingerprint density at radius 2 is 1.19 bits per heavy atom. The van der Waals surface area contributed by atoms with Gasteiger partial charge in [-0.05, 0) is 73.6 Å². The van der Waals surface area contributed by atoms with E-state index in [-0.39, 0.29) is 11.3 Å². The molecule has 0 aromatic heterocycles. The lowest BCUT2D eigenvalue weighted by Gasteiger charge is -2.28. The number of ether oxygens (including phenoxy) is 3. The van der Waals surface area contributed by atoms with E-state index in [1.165, 1.54) is 115 Å². The normalized spacial score (nSPS) is 16.6. The number of hydrogen-bond donors (Lipinski definition) is 0. The fraction of sp³-hybridized carbons (Fsp3) is 0.658. The predicted octanol–water partition coefficient (Wildman–Crippen LogP) is 11.5. The maximum atomic E-state index is 14.5. The number of unbranched alkanes of at least 4 members (excludes halogenated alkanes) is 10. The molecule has 0 atom stereocenters. The summed E-state index contributed by atoms with van der Waals surface area (Å²) in [6, 6.07) is 11.3. The van der Waals surface area contributed by atoms with Crippen molar-refractivity contribution in [2.24, 2.45) is 11.8 Å². The molecule has 5 heteroatoms.